The van der Waals surface area contributed by atoms with Crippen molar-refractivity contribution in [2.75, 3.05) is 5.32 Å². The second kappa shape index (κ2) is 5.83. The average Bonchev–Trinajstić information content (AvgIpc) is 2.50. The molecule has 1 heterocycles. The summed E-state index contributed by atoms with van der Waals surface area (Å²) in [5.41, 5.74) is 2.22. The summed E-state index contributed by atoms with van der Waals surface area (Å²) >= 11 is 0. The van der Waals surface area contributed by atoms with Crippen LogP contribution >= 0.6 is 0 Å². The van der Waals surface area contributed by atoms with Gasteiger partial charge in [-0.25, -0.2) is 9.97 Å². The summed E-state index contributed by atoms with van der Waals surface area (Å²) in [6, 6.07) is 10.8. The third-order valence-corrected chi connectivity index (χ3v) is 3.70. The maximum Gasteiger partial charge on any atom is 0.222 e. The summed E-state index contributed by atoms with van der Waals surface area (Å²) in [6.45, 7) is 0. The van der Waals surface area contributed by atoms with Gasteiger partial charge in [0.2, 0.25) is 5.95 Å². The Hall–Kier alpha value is -1.90. The molecule has 0 spiro atoms. The van der Waals surface area contributed by atoms with Gasteiger partial charge in [0.15, 0.2) is 0 Å². The molecule has 1 fully saturated rings. The smallest absolute Gasteiger partial charge is 0.222 e. The summed E-state index contributed by atoms with van der Waals surface area (Å²) in [5, 5.41) is 3.44. The van der Waals surface area contributed by atoms with Crippen molar-refractivity contribution < 1.29 is 0 Å². The summed E-state index contributed by atoms with van der Waals surface area (Å²) in [5.74, 6) is 0.756. The monoisotopic (exact) mass is 253 g/mol. The molecule has 0 atom stereocenters. The second-order valence-corrected chi connectivity index (χ2v) is 5.14. The van der Waals surface area contributed by atoms with Crippen LogP contribution < -0.4 is 5.32 Å². The molecule has 98 valence electrons. The number of rotatable bonds is 3. The lowest BCUT2D eigenvalue weighted by Crippen LogP contribution is -2.23. The van der Waals surface area contributed by atoms with Gasteiger partial charge in [-0.3, -0.25) is 0 Å². The minimum absolute atomic E-state index is 0.552. The maximum absolute atomic E-state index is 4.43. The van der Waals surface area contributed by atoms with Crippen LogP contribution in [-0.4, -0.2) is 16.0 Å². The van der Waals surface area contributed by atoms with Gasteiger partial charge in [0.05, 0.1) is 0 Å². The van der Waals surface area contributed by atoms with Gasteiger partial charge in [-0.05, 0) is 18.4 Å². The van der Waals surface area contributed by atoms with E-state index in [1.54, 1.807) is 0 Å². The second-order valence-electron chi connectivity index (χ2n) is 5.14. The van der Waals surface area contributed by atoms with Crippen LogP contribution in [0.25, 0.3) is 11.1 Å². The van der Waals surface area contributed by atoms with E-state index >= 15 is 0 Å². The minimum atomic E-state index is 0.552. The van der Waals surface area contributed by atoms with Gasteiger partial charge in [-0.15, -0.1) is 0 Å². The van der Waals surface area contributed by atoms with Gasteiger partial charge in [0, 0.05) is 24.0 Å². The lowest BCUT2D eigenvalue weighted by molar-refractivity contribution is 0.461. The first-order valence-corrected chi connectivity index (χ1v) is 7.06. The van der Waals surface area contributed by atoms with E-state index in [1.807, 2.05) is 30.6 Å². The first-order valence-electron chi connectivity index (χ1n) is 7.06. The number of nitrogens with one attached hydrogen (secondary N) is 1. The van der Waals surface area contributed by atoms with E-state index in [-0.39, 0.29) is 0 Å². The Morgan fingerprint density at radius 3 is 2.21 bits per heavy atom. The van der Waals surface area contributed by atoms with Crippen molar-refractivity contribution in [3.05, 3.63) is 42.7 Å². The third kappa shape index (κ3) is 3.11. The van der Waals surface area contributed by atoms with Crippen LogP contribution in [-0.2, 0) is 0 Å². The van der Waals surface area contributed by atoms with Crippen LogP contribution in [0.4, 0.5) is 5.95 Å². The topological polar surface area (TPSA) is 37.8 Å². The number of benzene rings is 1. The SMILES string of the molecule is c1ccc(-c2cnc(NC3CCCCC3)nc2)cc1. The average molecular weight is 253 g/mol. The highest BCUT2D eigenvalue weighted by Gasteiger charge is 2.13. The van der Waals surface area contributed by atoms with Crippen molar-refractivity contribution in [3.8, 4) is 11.1 Å². The largest absolute Gasteiger partial charge is 0.351 e. The molecule has 1 aromatic carbocycles. The highest BCUT2D eigenvalue weighted by Crippen LogP contribution is 2.21. The Morgan fingerprint density at radius 1 is 0.842 bits per heavy atom. The first kappa shape index (κ1) is 12.2. The molecule has 1 saturated carbocycles. The van der Waals surface area contributed by atoms with E-state index in [9.17, 15) is 0 Å². The minimum Gasteiger partial charge on any atom is -0.351 e. The molecule has 1 N–H and O–H groups in total. The van der Waals surface area contributed by atoms with Crippen LogP contribution in [0, 0.1) is 0 Å². The highest BCUT2D eigenvalue weighted by atomic mass is 15.1. The van der Waals surface area contributed by atoms with Crippen molar-refractivity contribution in [1.82, 2.24) is 9.97 Å². The van der Waals surface area contributed by atoms with Gasteiger partial charge < -0.3 is 5.32 Å². The fraction of sp³-hybridized carbons (Fsp3) is 0.375. The lowest BCUT2D eigenvalue weighted by Gasteiger charge is -2.22. The predicted octanol–water partition coefficient (Wildman–Crippen LogP) is 3.89. The Morgan fingerprint density at radius 2 is 1.53 bits per heavy atom. The van der Waals surface area contributed by atoms with Crippen LogP contribution in [0.5, 0.6) is 0 Å². The molecule has 2 aromatic rings. The molecular formula is C16H19N3. The molecule has 1 aliphatic carbocycles. The van der Waals surface area contributed by atoms with Crippen molar-refractivity contribution in [2.24, 2.45) is 0 Å². The fourth-order valence-electron chi connectivity index (χ4n) is 2.61. The highest BCUT2D eigenvalue weighted by molar-refractivity contribution is 5.61. The summed E-state index contributed by atoms with van der Waals surface area (Å²) < 4.78 is 0. The normalized spacial score (nSPS) is 16.2. The summed E-state index contributed by atoms with van der Waals surface area (Å²) in [6.07, 6.45) is 10.3. The molecule has 0 aliphatic heterocycles. The Balaban J connectivity index is 1.68. The standard InChI is InChI=1S/C16H19N3/c1-3-7-13(8-4-1)14-11-17-16(18-12-14)19-15-9-5-2-6-10-15/h1,3-4,7-8,11-12,15H,2,5-6,9-10H2,(H,17,18,19). The molecule has 0 amide bonds. The van der Waals surface area contributed by atoms with Crippen LogP contribution in [0.3, 0.4) is 0 Å². The molecule has 19 heavy (non-hydrogen) atoms. The molecule has 3 heteroatoms. The Bertz CT molecular complexity index is 501. The number of hydrogen-bond donors (Lipinski definition) is 1. The van der Waals surface area contributed by atoms with E-state index in [1.165, 1.54) is 32.1 Å². The van der Waals surface area contributed by atoms with Crippen molar-refractivity contribution >= 4 is 5.95 Å². The number of nitrogens with zero attached hydrogens (tertiary/aromatic N) is 2. The van der Waals surface area contributed by atoms with Gasteiger partial charge in [0.25, 0.3) is 0 Å². The fourth-order valence-corrected chi connectivity index (χ4v) is 2.61. The number of hydrogen-bond acceptors (Lipinski definition) is 3. The molecule has 1 aliphatic rings. The lowest BCUT2D eigenvalue weighted by atomic mass is 9.96. The summed E-state index contributed by atoms with van der Waals surface area (Å²) in [7, 11) is 0. The zero-order valence-corrected chi connectivity index (χ0v) is 11.0. The van der Waals surface area contributed by atoms with E-state index < -0.39 is 0 Å². The maximum atomic E-state index is 4.43. The van der Waals surface area contributed by atoms with Gasteiger partial charge in [-0.1, -0.05) is 49.6 Å². The molecule has 3 nitrogen and oxygen atoms in total. The van der Waals surface area contributed by atoms with Gasteiger partial charge in [0.1, 0.15) is 0 Å². The zero-order chi connectivity index (χ0) is 12.9. The molecule has 1 aromatic heterocycles. The number of aromatic nitrogens is 2. The van der Waals surface area contributed by atoms with Crippen LogP contribution in [0.1, 0.15) is 32.1 Å². The van der Waals surface area contributed by atoms with E-state index in [4.69, 9.17) is 0 Å². The Kier molecular flexibility index (Phi) is 3.73. The van der Waals surface area contributed by atoms with Crippen molar-refractivity contribution in [2.45, 2.75) is 38.1 Å². The molecule has 0 radical (unpaired) electrons. The molecular weight excluding hydrogens is 234 g/mol. The zero-order valence-electron chi connectivity index (χ0n) is 11.0. The van der Waals surface area contributed by atoms with E-state index in [0.717, 1.165) is 17.1 Å². The third-order valence-electron chi connectivity index (χ3n) is 3.70. The molecule has 3 rings (SSSR count). The quantitative estimate of drug-likeness (QED) is 0.901. The molecule has 0 saturated heterocycles. The first-order chi connectivity index (χ1) is 9.42. The summed E-state index contributed by atoms with van der Waals surface area (Å²) in [4.78, 5) is 8.85. The van der Waals surface area contributed by atoms with E-state index in [0.29, 0.717) is 6.04 Å². The van der Waals surface area contributed by atoms with Crippen molar-refractivity contribution in [3.63, 3.8) is 0 Å². The molecule has 0 bridgehead atoms. The van der Waals surface area contributed by atoms with E-state index in [2.05, 4.69) is 27.4 Å². The van der Waals surface area contributed by atoms with Gasteiger partial charge >= 0.3 is 0 Å². The van der Waals surface area contributed by atoms with Crippen LogP contribution in [0.2, 0.25) is 0 Å². The van der Waals surface area contributed by atoms with Gasteiger partial charge in [-0.2, -0.15) is 0 Å². The predicted molar refractivity (Wildman–Crippen MR) is 78.0 cm³/mol. The molecule has 0 unspecified atom stereocenters. The van der Waals surface area contributed by atoms with Crippen molar-refractivity contribution in [1.29, 1.82) is 0 Å². The number of anilines is 1. The van der Waals surface area contributed by atoms with Crippen LogP contribution in [0.15, 0.2) is 42.7 Å². The Labute approximate surface area is 114 Å².